The zero-order valence-corrected chi connectivity index (χ0v) is 15.1. The van der Waals surface area contributed by atoms with Gasteiger partial charge in [-0.2, -0.15) is 0 Å². The molecule has 6 heteroatoms. The van der Waals surface area contributed by atoms with Crippen LogP contribution in [0.25, 0.3) is 6.08 Å². The lowest BCUT2D eigenvalue weighted by atomic mass is 10.0. The van der Waals surface area contributed by atoms with Crippen LogP contribution in [0.4, 0.5) is 0 Å². The molecule has 0 aliphatic carbocycles. The van der Waals surface area contributed by atoms with Crippen LogP contribution < -0.4 is 14.8 Å². The Morgan fingerprint density at radius 1 is 1.28 bits per heavy atom. The van der Waals surface area contributed by atoms with Gasteiger partial charge in [0.05, 0.1) is 13.7 Å². The van der Waals surface area contributed by atoms with E-state index in [1.54, 1.807) is 20.1 Å². The average Bonchev–Trinajstić information content (AvgIpc) is 2.61. The molecule has 1 fully saturated rings. The Kier molecular flexibility index (Phi) is 6.86. The first-order valence-electron chi connectivity index (χ1n) is 8.58. The quantitative estimate of drug-likeness (QED) is 0.802. The number of carbonyl (C=O) groups is 2. The van der Waals surface area contributed by atoms with E-state index in [9.17, 15) is 9.59 Å². The summed E-state index contributed by atoms with van der Waals surface area (Å²) in [6.45, 7) is 5.45. The van der Waals surface area contributed by atoms with Crippen LogP contribution >= 0.6 is 0 Å². The van der Waals surface area contributed by atoms with Crippen molar-refractivity contribution in [3.8, 4) is 11.5 Å². The number of nitrogens with one attached hydrogen (secondary N) is 1. The van der Waals surface area contributed by atoms with E-state index >= 15 is 0 Å². The Bertz CT molecular complexity index is 634. The lowest BCUT2D eigenvalue weighted by molar-refractivity contribution is -0.129. The molecule has 2 amide bonds. The Hall–Kier alpha value is -2.50. The van der Waals surface area contributed by atoms with Crippen molar-refractivity contribution >= 4 is 17.9 Å². The molecule has 25 heavy (non-hydrogen) atoms. The van der Waals surface area contributed by atoms with Crippen LogP contribution in [-0.2, 0) is 9.59 Å². The minimum atomic E-state index is -0.130. The molecule has 0 aromatic heterocycles. The van der Waals surface area contributed by atoms with Gasteiger partial charge in [-0.25, -0.2) is 0 Å². The minimum absolute atomic E-state index is 0.0918. The van der Waals surface area contributed by atoms with Crippen LogP contribution in [0.1, 0.15) is 32.3 Å². The number of rotatable bonds is 6. The maximum Gasteiger partial charge on any atom is 0.244 e. The van der Waals surface area contributed by atoms with E-state index in [0.29, 0.717) is 31.2 Å². The summed E-state index contributed by atoms with van der Waals surface area (Å²) in [5, 5.41) is 2.99. The molecule has 1 saturated heterocycles. The van der Waals surface area contributed by atoms with Crippen molar-refractivity contribution < 1.29 is 19.1 Å². The Balaban J connectivity index is 1.89. The number of likely N-dealkylation sites (tertiary alicyclic amines) is 1. The highest BCUT2D eigenvalue weighted by molar-refractivity contribution is 5.92. The molecule has 6 nitrogen and oxygen atoms in total. The normalized spacial score (nSPS) is 15.2. The number of benzene rings is 1. The zero-order chi connectivity index (χ0) is 18.2. The standard InChI is InChI=1S/C19H26N2O4/c1-4-25-17-7-5-15(13-18(17)24-3)6-8-19(23)20-16-9-11-21(12-10-16)14(2)22/h5-8,13,16H,4,9-12H2,1-3H3,(H,20,23). The van der Waals surface area contributed by atoms with Gasteiger partial charge in [-0.1, -0.05) is 6.07 Å². The fourth-order valence-electron chi connectivity index (χ4n) is 2.82. The van der Waals surface area contributed by atoms with Gasteiger partial charge in [0.15, 0.2) is 11.5 Å². The highest BCUT2D eigenvalue weighted by Crippen LogP contribution is 2.28. The number of carbonyl (C=O) groups excluding carboxylic acids is 2. The topological polar surface area (TPSA) is 67.9 Å². The maximum atomic E-state index is 12.1. The molecule has 0 bridgehead atoms. The predicted molar refractivity (Wildman–Crippen MR) is 96.6 cm³/mol. The third-order valence-electron chi connectivity index (χ3n) is 4.20. The first kappa shape index (κ1) is 18.8. The van der Waals surface area contributed by atoms with Gasteiger partial charge in [-0.15, -0.1) is 0 Å². The van der Waals surface area contributed by atoms with E-state index in [1.807, 2.05) is 30.0 Å². The number of methoxy groups -OCH3 is 1. The van der Waals surface area contributed by atoms with Crippen molar-refractivity contribution in [2.45, 2.75) is 32.7 Å². The number of hydrogen-bond donors (Lipinski definition) is 1. The van der Waals surface area contributed by atoms with E-state index in [4.69, 9.17) is 9.47 Å². The van der Waals surface area contributed by atoms with Gasteiger partial charge in [0.25, 0.3) is 0 Å². The van der Waals surface area contributed by atoms with Crippen LogP contribution in [0.5, 0.6) is 11.5 Å². The molecule has 2 rings (SSSR count). The molecule has 1 N–H and O–H groups in total. The van der Waals surface area contributed by atoms with Crippen LogP contribution in [0.2, 0.25) is 0 Å². The number of amides is 2. The van der Waals surface area contributed by atoms with Gasteiger partial charge in [0.2, 0.25) is 11.8 Å². The lowest BCUT2D eigenvalue weighted by Gasteiger charge is -2.31. The molecular formula is C19H26N2O4. The average molecular weight is 346 g/mol. The summed E-state index contributed by atoms with van der Waals surface area (Å²) in [4.78, 5) is 25.2. The summed E-state index contributed by atoms with van der Waals surface area (Å²) >= 11 is 0. The molecule has 0 unspecified atom stereocenters. The maximum absolute atomic E-state index is 12.1. The first-order valence-corrected chi connectivity index (χ1v) is 8.58. The first-order chi connectivity index (χ1) is 12.0. The smallest absolute Gasteiger partial charge is 0.244 e. The van der Waals surface area contributed by atoms with Crippen molar-refractivity contribution in [1.82, 2.24) is 10.2 Å². The largest absolute Gasteiger partial charge is 0.493 e. The van der Waals surface area contributed by atoms with Crippen molar-refractivity contribution in [2.75, 3.05) is 26.8 Å². The molecule has 1 aliphatic heterocycles. The Labute approximate surface area is 148 Å². The molecule has 136 valence electrons. The highest BCUT2D eigenvalue weighted by atomic mass is 16.5. The fraction of sp³-hybridized carbons (Fsp3) is 0.474. The summed E-state index contributed by atoms with van der Waals surface area (Å²) in [6.07, 6.45) is 4.84. The van der Waals surface area contributed by atoms with E-state index in [2.05, 4.69) is 5.32 Å². The van der Waals surface area contributed by atoms with Crippen molar-refractivity contribution in [3.63, 3.8) is 0 Å². The van der Waals surface area contributed by atoms with Crippen LogP contribution in [0.3, 0.4) is 0 Å². The number of nitrogens with zero attached hydrogens (tertiary/aromatic N) is 1. The van der Waals surface area contributed by atoms with Gasteiger partial charge in [-0.05, 0) is 43.5 Å². The molecule has 0 spiro atoms. The number of piperidine rings is 1. The Morgan fingerprint density at radius 2 is 2.00 bits per heavy atom. The SMILES string of the molecule is CCOc1ccc(C=CC(=O)NC2CCN(C(C)=O)CC2)cc1OC. The summed E-state index contributed by atoms with van der Waals surface area (Å²) in [7, 11) is 1.59. The molecule has 1 aromatic carbocycles. The third kappa shape index (κ3) is 5.52. The molecule has 0 radical (unpaired) electrons. The van der Waals surface area contributed by atoms with Gasteiger partial charge in [0, 0.05) is 32.1 Å². The van der Waals surface area contributed by atoms with Gasteiger partial charge in [-0.3, -0.25) is 9.59 Å². The number of hydrogen-bond acceptors (Lipinski definition) is 4. The van der Waals surface area contributed by atoms with Crippen molar-refractivity contribution in [1.29, 1.82) is 0 Å². The molecular weight excluding hydrogens is 320 g/mol. The van der Waals surface area contributed by atoms with E-state index in [0.717, 1.165) is 18.4 Å². The second kappa shape index (κ2) is 9.11. The van der Waals surface area contributed by atoms with Crippen LogP contribution in [0.15, 0.2) is 24.3 Å². The van der Waals surface area contributed by atoms with E-state index in [1.165, 1.54) is 6.08 Å². The highest BCUT2D eigenvalue weighted by Gasteiger charge is 2.21. The summed E-state index contributed by atoms with van der Waals surface area (Å²) in [5.74, 6) is 1.29. The second-order valence-corrected chi connectivity index (χ2v) is 5.97. The monoisotopic (exact) mass is 346 g/mol. The van der Waals surface area contributed by atoms with Gasteiger partial charge >= 0.3 is 0 Å². The molecule has 1 heterocycles. The van der Waals surface area contributed by atoms with Crippen LogP contribution in [-0.4, -0.2) is 49.6 Å². The zero-order valence-electron chi connectivity index (χ0n) is 15.1. The molecule has 0 atom stereocenters. The molecule has 1 aromatic rings. The third-order valence-corrected chi connectivity index (χ3v) is 4.20. The van der Waals surface area contributed by atoms with Gasteiger partial charge < -0.3 is 19.7 Å². The summed E-state index contributed by atoms with van der Waals surface area (Å²) in [6, 6.07) is 5.66. The Morgan fingerprint density at radius 3 is 2.60 bits per heavy atom. The van der Waals surface area contributed by atoms with E-state index in [-0.39, 0.29) is 17.9 Å². The minimum Gasteiger partial charge on any atom is -0.493 e. The summed E-state index contributed by atoms with van der Waals surface area (Å²) in [5.41, 5.74) is 0.863. The van der Waals surface area contributed by atoms with E-state index < -0.39 is 0 Å². The molecule has 1 aliphatic rings. The molecule has 0 saturated carbocycles. The van der Waals surface area contributed by atoms with Crippen molar-refractivity contribution in [2.24, 2.45) is 0 Å². The number of ether oxygens (including phenoxy) is 2. The van der Waals surface area contributed by atoms with Crippen molar-refractivity contribution in [3.05, 3.63) is 29.8 Å². The lowest BCUT2D eigenvalue weighted by Crippen LogP contribution is -2.45. The second-order valence-electron chi connectivity index (χ2n) is 5.97. The van der Waals surface area contributed by atoms with Gasteiger partial charge in [0.1, 0.15) is 0 Å². The summed E-state index contributed by atoms with van der Waals surface area (Å²) < 4.78 is 10.8. The van der Waals surface area contributed by atoms with Crippen LogP contribution in [0, 0.1) is 0 Å². The fourth-order valence-corrected chi connectivity index (χ4v) is 2.82. The predicted octanol–water partition coefficient (Wildman–Crippen LogP) is 2.23.